The van der Waals surface area contributed by atoms with E-state index in [1.165, 1.54) is 25.4 Å². The molecule has 0 amide bonds. The molecule has 4 nitrogen and oxygen atoms in total. The van der Waals surface area contributed by atoms with Gasteiger partial charge in [-0.1, -0.05) is 24.3 Å². The first kappa shape index (κ1) is 11.9. The lowest BCUT2D eigenvalue weighted by Crippen LogP contribution is -2.09. The molecule has 0 N–H and O–H groups in total. The van der Waals surface area contributed by atoms with E-state index in [1.54, 1.807) is 12.1 Å². The van der Waals surface area contributed by atoms with Gasteiger partial charge in [0, 0.05) is 10.9 Å². The average molecular weight is 304 g/mol. The Kier molecular flexibility index (Phi) is 2.99. The average Bonchev–Trinajstić information content (AvgIpc) is 3.01. The predicted octanol–water partition coefficient (Wildman–Crippen LogP) is 3.15. The van der Waals surface area contributed by atoms with Crippen molar-refractivity contribution >= 4 is 16.9 Å². The summed E-state index contributed by atoms with van der Waals surface area (Å²) in [5, 5.41) is 4.41. The number of nitrogens with zero attached hydrogens (tertiary/aromatic N) is 2. The van der Waals surface area contributed by atoms with Crippen LogP contribution in [-0.4, -0.2) is 22.9 Å². The third-order valence-electron chi connectivity index (χ3n) is 3.17. The minimum Gasteiger partial charge on any atom is -0.465 e. The Hall–Kier alpha value is -2.76. The SMILES string of the molecule is [2H]C([2H])(c1cccc(F)c1F)n1ncc2cccc(C(=O)OC)c21. The fourth-order valence-corrected chi connectivity index (χ4v) is 2.14. The second-order valence-corrected chi connectivity index (χ2v) is 4.50. The summed E-state index contributed by atoms with van der Waals surface area (Å²) in [7, 11) is 1.20. The standard InChI is InChI=1S/C16H12F2N2O2/c1-22-16(21)12-6-2-4-10-8-19-20(15(10)12)9-11-5-3-7-13(17)14(11)18/h2-8H,9H2,1H3/i9D2. The summed E-state index contributed by atoms with van der Waals surface area (Å²) in [4.78, 5) is 11.9. The van der Waals surface area contributed by atoms with Gasteiger partial charge in [0.15, 0.2) is 11.6 Å². The third kappa shape index (κ3) is 2.32. The molecule has 0 saturated heterocycles. The molecular formula is C16H12F2N2O2. The summed E-state index contributed by atoms with van der Waals surface area (Å²) in [5.41, 5.74) is -0.307. The molecule has 0 unspecified atom stereocenters. The van der Waals surface area contributed by atoms with Gasteiger partial charge in [-0.25, -0.2) is 13.6 Å². The van der Waals surface area contributed by atoms with E-state index in [0.29, 0.717) is 5.39 Å². The zero-order valence-corrected chi connectivity index (χ0v) is 11.5. The maximum absolute atomic E-state index is 14.1. The van der Waals surface area contributed by atoms with Crippen molar-refractivity contribution < 1.29 is 21.1 Å². The predicted molar refractivity (Wildman–Crippen MR) is 76.5 cm³/mol. The number of fused-ring (bicyclic) bond motifs is 1. The van der Waals surface area contributed by atoms with Gasteiger partial charge in [0.25, 0.3) is 0 Å². The Morgan fingerprint density at radius 2 is 2.09 bits per heavy atom. The van der Waals surface area contributed by atoms with Crippen molar-refractivity contribution in [1.29, 1.82) is 0 Å². The summed E-state index contributed by atoms with van der Waals surface area (Å²) in [5.74, 6) is -3.15. The van der Waals surface area contributed by atoms with Crippen LogP contribution in [0.3, 0.4) is 0 Å². The highest BCUT2D eigenvalue weighted by Gasteiger charge is 2.16. The monoisotopic (exact) mass is 304 g/mol. The number of ether oxygens (including phenoxy) is 1. The van der Waals surface area contributed by atoms with E-state index in [1.807, 2.05) is 0 Å². The maximum atomic E-state index is 14.1. The highest BCUT2D eigenvalue weighted by atomic mass is 19.2. The molecule has 6 heteroatoms. The molecule has 0 spiro atoms. The van der Waals surface area contributed by atoms with Crippen LogP contribution in [0.1, 0.15) is 18.7 Å². The molecule has 0 fully saturated rings. The van der Waals surface area contributed by atoms with Crippen molar-refractivity contribution in [3.05, 3.63) is 65.4 Å². The molecule has 0 aliphatic rings. The molecule has 3 rings (SSSR count). The van der Waals surface area contributed by atoms with Crippen LogP contribution in [-0.2, 0) is 11.2 Å². The van der Waals surface area contributed by atoms with E-state index >= 15 is 0 Å². The van der Waals surface area contributed by atoms with Crippen LogP contribution in [0.25, 0.3) is 10.9 Å². The lowest BCUT2D eigenvalue weighted by molar-refractivity contribution is 0.0602. The van der Waals surface area contributed by atoms with E-state index in [9.17, 15) is 13.6 Å². The van der Waals surface area contributed by atoms with Crippen LogP contribution in [0.4, 0.5) is 8.78 Å². The number of rotatable bonds is 3. The molecule has 112 valence electrons. The molecule has 2 aromatic carbocycles. The third-order valence-corrected chi connectivity index (χ3v) is 3.17. The summed E-state index contributed by atoms with van der Waals surface area (Å²) in [6.45, 7) is -2.52. The number of carbonyl (C=O) groups is 1. The van der Waals surface area contributed by atoms with E-state index in [-0.39, 0.29) is 11.1 Å². The smallest absolute Gasteiger partial charge is 0.340 e. The summed E-state index contributed by atoms with van der Waals surface area (Å²) >= 11 is 0. The van der Waals surface area contributed by atoms with E-state index in [4.69, 9.17) is 7.48 Å². The van der Waals surface area contributed by atoms with Crippen LogP contribution >= 0.6 is 0 Å². The van der Waals surface area contributed by atoms with Crippen LogP contribution in [0.15, 0.2) is 42.6 Å². The fourth-order valence-electron chi connectivity index (χ4n) is 2.14. The van der Waals surface area contributed by atoms with Crippen LogP contribution in [0, 0.1) is 11.6 Å². The summed E-state index contributed by atoms with van der Waals surface area (Å²) in [6.07, 6.45) is 1.34. The Balaban J connectivity index is 2.29. The number of para-hydroxylation sites is 1. The number of carbonyl (C=O) groups excluding carboxylic acids is 1. The van der Waals surface area contributed by atoms with Crippen molar-refractivity contribution in [2.75, 3.05) is 7.11 Å². The molecule has 1 aromatic heterocycles. The second kappa shape index (κ2) is 5.55. The number of hydrogen-bond acceptors (Lipinski definition) is 3. The molecule has 0 atom stereocenters. The van der Waals surface area contributed by atoms with Gasteiger partial charge < -0.3 is 4.74 Å². The second-order valence-electron chi connectivity index (χ2n) is 4.50. The number of aromatic nitrogens is 2. The van der Waals surface area contributed by atoms with Gasteiger partial charge in [-0.15, -0.1) is 0 Å². The molecule has 0 aliphatic heterocycles. The van der Waals surface area contributed by atoms with Gasteiger partial charge in [-0.3, -0.25) is 4.68 Å². The molecule has 0 bridgehead atoms. The number of benzene rings is 2. The lowest BCUT2D eigenvalue weighted by atomic mass is 10.1. The van der Waals surface area contributed by atoms with Gasteiger partial charge in [0.05, 0.1) is 33.6 Å². The normalized spacial score (nSPS) is 12.9. The van der Waals surface area contributed by atoms with Gasteiger partial charge in [-0.05, 0) is 12.1 Å². The molecule has 1 heterocycles. The van der Waals surface area contributed by atoms with Crippen molar-refractivity contribution in [3.8, 4) is 0 Å². The van der Waals surface area contributed by atoms with Gasteiger partial charge >= 0.3 is 5.97 Å². The number of halogens is 2. The molecular weight excluding hydrogens is 290 g/mol. The molecule has 22 heavy (non-hydrogen) atoms. The first-order valence-corrected chi connectivity index (χ1v) is 6.38. The van der Waals surface area contributed by atoms with Gasteiger partial charge in [0.1, 0.15) is 0 Å². The number of esters is 1. The van der Waals surface area contributed by atoms with Crippen molar-refractivity contribution in [3.63, 3.8) is 0 Å². The van der Waals surface area contributed by atoms with Gasteiger partial charge in [-0.2, -0.15) is 5.10 Å². The Morgan fingerprint density at radius 1 is 1.32 bits per heavy atom. The topological polar surface area (TPSA) is 44.1 Å². The number of hydrogen-bond donors (Lipinski definition) is 0. The Labute approximate surface area is 127 Å². The number of methoxy groups -OCH3 is 1. The van der Waals surface area contributed by atoms with Crippen molar-refractivity contribution in [2.24, 2.45) is 0 Å². The highest BCUT2D eigenvalue weighted by Crippen LogP contribution is 2.21. The molecule has 0 saturated carbocycles. The Bertz CT molecular complexity index is 941. The maximum Gasteiger partial charge on any atom is 0.340 e. The Morgan fingerprint density at radius 3 is 2.86 bits per heavy atom. The molecule has 0 radical (unpaired) electrons. The molecule has 3 aromatic rings. The quantitative estimate of drug-likeness (QED) is 0.698. The first-order valence-electron chi connectivity index (χ1n) is 7.38. The highest BCUT2D eigenvalue weighted by molar-refractivity contribution is 6.02. The van der Waals surface area contributed by atoms with Gasteiger partial charge in [0.2, 0.25) is 0 Å². The minimum absolute atomic E-state index is 0.0770. The van der Waals surface area contributed by atoms with E-state index in [2.05, 4.69) is 5.10 Å². The van der Waals surface area contributed by atoms with Crippen LogP contribution < -0.4 is 0 Å². The van der Waals surface area contributed by atoms with E-state index < -0.39 is 29.7 Å². The first-order chi connectivity index (χ1) is 11.4. The van der Waals surface area contributed by atoms with Crippen LogP contribution in [0.5, 0.6) is 0 Å². The van der Waals surface area contributed by atoms with Crippen molar-refractivity contribution in [1.82, 2.24) is 9.78 Å². The zero-order valence-electron chi connectivity index (χ0n) is 13.5. The molecule has 0 aliphatic carbocycles. The van der Waals surface area contributed by atoms with Crippen LogP contribution in [0.2, 0.25) is 0 Å². The van der Waals surface area contributed by atoms with Crippen molar-refractivity contribution in [2.45, 2.75) is 6.50 Å². The van der Waals surface area contributed by atoms with E-state index in [0.717, 1.165) is 16.8 Å². The summed E-state index contributed by atoms with van der Waals surface area (Å²) in [6, 6.07) is 7.91. The fraction of sp³-hybridized carbons (Fsp3) is 0.125. The summed E-state index contributed by atoms with van der Waals surface area (Å²) < 4.78 is 49.6. The minimum atomic E-state index is -2.52. The zero-order chi connectivity index (χ0) is 17.5. The largest absolute Gasteiger partial charge is 0.465 e. The lowest BCUT2D eigenvalue weighted by Gasteiger charge is -2.08.